The highest BCUT2D eigenvalue weighted by molar-refractivity contribution is 6.23. The minimum atomic E-state index is -1.25. The number of methoxy groups -OCH3 is 2. The van der Waals surface area contributed by atoms with Crippen molar-refractivity contribution >= 4 is 23.6 Å². The predicted octanol–water partition coefficient (Wildman–Crippen LogP) is 2.71. The summed E-state index contributed by atoms with van der Waals surface area (Å²) in [6, 6.07) is -0.788. The van der Waals surface area contributed by atoms with Crippen molar-refractivity contribution < 1.29 is 38.9 Å². The monoisotopic (exact) mass is 585 g/mol. The van der Waals surface area contributed by atoms with Gasteiger partial charge in [-0.25, -0.2) is 4.79 Å². The third kappa shape index (κ3) is 9.10. The zero-order chi connectivity index (χ0) is 31.6. The number of hydrogen-bond acceptors (Lipinski definition) is 8. The van der Waals surface area contributed by atoms with Crippen LogP contribution in [0.4, 0.5) is 4.79 Å². The van der Waals surface area contributed by atoms with Crippen molar-refractivity contribution in [1.29, 1.82) is 0 Å². The second-order valence-corrected chi connectivity index (χ2v) is 10.7. The van der Waals surface area contributed by atoms with Crippen LogP contribution in [0.5, 0.6) is 0 Å². The van der Waals surface area contributed by atoms with E-state index >= 15 is 0 Å². The molecule has 2 rings (SSSR count). The number of nitrogens with one attached hydrogen (secondary N) is 3. The molecule has 0 aromatic heterocycles. The molecule has 42 heavy (non-hydrogen) atoms. The van der Waals surface area contributed by atoms with E-state index in [2.05, 4.69) is 22.5 Å². The number of fused-ring (bicyclic) bond motifs is 2. The molecule has 1 aliphatic carbocycles. The molecule has 0 fully saturated rings. The summed E-state index contributed by atoms with van der Waals surface area (Å²) < 4.78 is 11.2. The Hall–Kier alpha value is -3.80. The Labute approximate surface area is 247 Å². The molecular formula is C31H43N3O8. The predicted molar refractivity (Wildman–Crippen MR) is 158 cm³/mol. The molecule has 11 heteroatoms. The van der Waals surface area contributed by atoms with E-state index in [-0.39, 0.29) is 41.4 Å². The zero-order valence-electron chi connectivity index (χ0n) is 25.1. The smallest absolute Gasteiger partial charge is 0.405 e. The quantitative estimate of drug-likeness (QED) is 0.233. The minimum absolute atomic E-state index is 0.136. The first-order valence-corrected chi connectivity index (χ1v) is 13.8. The van der Waals surface area contributed by atoms with Crippen LogP contribution in [0.15, 0.2) is 71.1 Å². The summed E-state index contributed by atoms with van der Waals surface area (Å²) in [5.74, 6) is -2.16. The largest absolute Gasteiger partial charge is 0.465 e. The molecule has 0 aromatic rings. The summed E-state index contributed by atoms with van der Waals surface area (Å²) >= 11 is 0. The Kier molecular flexibility index (Phi) is 13.1. The van der Waals surface area contributed by atoms with Gasteiger partial charge >= 0.3 is 6.09 Å². The highest BCUT2D eigenvalue weighted by atomic mass is 16.5. The summed E-state index contributed by atoms with van der Waals surface area (Å²) in [4.78, 5) is 51.2. The third-order valence-electron chi connectivity index (χ3n) is 7.32. The van der Waals surface area contributed by atoms with Gasteiger partial charge < -0.3 is 35.6 Å². The number of carboxylic acid groups (broad SMARTS) is 1. The lowest BCUT2D eigenvalue weighted by Gasteiger charge is -2.30. The Balaban J connectivity index is 2.62. The lowest BCUT2D eigenvalue weighted by molar-refractivity contribution is -0.120. The van der Waals surface area contributed by atoms with E-state index in [1.165, 1.54) is 20.3 Å². The van der Waals surface area contributed by atoms with Gasteiger partial charge in [-0.3, -0.25) is 14.4 Å². The summed E-state index contributed by atoms with van der Waals surface area (Å²) in [7, 11) is 2.91. The van der Waals surface area contributed by atoms with E-state index in [1.807, 2.05) is 6.92 Å². The second kappa shape index (κ2) is 16.0. The highest BCUT2D eigenvalue weighted by Crippen LogP contribution is 2.28. The first kappa shape index (κ1) is 34.4. The summed E-state index contributed by atoms with van der Waals surface area (Å²) in [6.45, 7) is 10.9. The number of allylic oxidation sites excluding steroid dienone is 4. The van der Waals surface area contributed by atoms with E-state index in [9.17, 15) is 29.4 Å². The lowest BCUT2D eigenvalue weighted by atomic mass is 9.85. The van der Waals surface area contributed by atoms with E-state index < -0.39 is 53.8 Å². The fourth-order valence-corrected chi connectivity index (χ4v) is 5.03. The van der Waals surface area contributed by atoms with Gasteiger partial charge in [0.1, 0.15) is 0 Å². The van der Waals surface area contributed by atoms with Crippen molar-refractivity contribution in [3.05, 3.63) is 71.1 Å². The van der Waals surface area contributed by atoms with E-state index in [4.69, 9.17) is 9.47 Å². The fraction of sp³-hybridized carbons (Fsp3) is 0.484. The number of carbonyl (C=O) groups is 4. The van der Waals surface area contributed by atoms with Crippen molar-refractivity contribution in [2.75, 3.05) is 20.8 Å². The number of rotatable bonds is 6. The SMILES string of the molecule is C=CCNC1=C2C[C@@H](C)C[C@H](OC)[C@H](O)[C@@H](C)/C=C(\C)[C@H](NC(=O)O)[C@H](OC)/C=C\C=C(/C)C(=O)NC(=CC1=O)C2=O. The number of ketones is 2. The number of aliphatic hydroxyl groups excluding tert-OH is 1. The molecule has 230 valence electrons. The van der Waals surface area contributed by atoms with Gasteiger partial charge in [-0.2, -0.15) is 0 Å². The molecule has 2 aliphatic rings. The normalized spacial score (nSPS) is 31.6. The summed E-state index contributed by atoms with van der Waals surface area (Å²) in [5.41, 5.74) is 1.10. The van der Waals surface area contributed by atoms with Gasteiger partial charge in [0.05, 0.1) is 35.7 Å². The maximum atomic E-state index is 13.5. The molecule has 0 saturated heterocycles. The van der Waals surface area contributed by atoms with Gasteiger partial charge in [0.15, 0.2) is 0 Å². The van der Waals surface area contributed by atoms with E-state index in [0.717, 1.165) is 6.08 Å². The minimum Gasteiger partial charge on any atom is -0.465 e. The second-order valence-electron chi connectivity index (χ2n) is 10.7. The Morgan fingerprint density at radius 2 is 1.88 bits per heavy atom. The van der Waals surface area contributed by atoms with Crippen LogP contribution in [0.25, 0.3) is 0 Å². The molecule has 0 radical (unpaired) electrons. The van der Waals surface area contributed by atoms with Gasteiger partial charge in [-0.15, -0.1) is 6.58 Å². The van der Waals surface area contributed by atoms with Crippen LogP contribution in [-0.4, -0.2) is 78.9 Å². The zero-order valence-corrected chi connectivity index (χ0v) is 25.1. The van der Waals surface area contributed by atoms with Crippen LogP contribution in [0.1, 0.15) is 40.5 Å². The average molecular weight is 586 g/mol. The van der Waals surface area contributed by atoms with Crippen molar-refractivity contribution in [3.8, 4) is 0 Å². The van der Waals surface area contributed by atoms with Crippen LogP contribution in [0.3, 0.4) is 0 Å². The maximum Gasteiger partial charge on any atom is 0.405 e. The average Bonchev–Trinajstić information content (AvgIpc) is 2.94. The molecule has 1 heterocycles. The van der Waals surface area contributed by atoms with Gasteiger partial charge in [0, 0.05) is 43.9 Å². The molecule has 11 nitrogen and oxygen atoms in total. The van der Waals surface area contributed by atoms with E-state index in [1.54, 1.807) is 45.1 Å². The standard InChI is InChI=1S/C31H43N3O8/c1-8-12-32-27-21-13-17(2)14-25(42-7)28(36)20(5)15-19(4)26(34-31(39)40)24(41-6)11-9-10-18(3)30(38)33-22(29(21)37)16-23(27)35/h8-11,15-17,20,24-26,28,32,34,36H,1,12-14H2,2-7H3,(H,33,38)(H,39,40)/b11-9-,18-10+,19-15+/t17-,20+,24-,25+,26+,28-/m1/s1. The molecule has 0 saturated carbocycles. The van der Waals surface area contributed by atoms with Crippen molar-refractivity contribution in [2.45, 2.75) is 64.9 Å². The first-order chi connectivity index (χ1) is 19.8. The number of hydrogen-bond donors (Lipinski definition) is 5. The molecule has 0 spiro atoms. The van der Waals surface area contributed by atoms with Gasteiger partial charge in [-0.05, 0) is 32.6 Å². The van der Waals surface area contributed by atoms with Crippen LogP contribution >= 0.6 is 0 Å². The first-order valence-electron chi connectivity index (χ1n) is 13.8. The lowest BCUT2D eigenvalue weighted by Crippen LogP contribution is -2.44. The number of ether oxygens (including phenoxy) is 2. The van der Waals surface area contributed by atoms with Crippen LogP contribution < -0.4 is 16.0 Å². The van der Waals surface area contributed by atoms with Crippen molar-refractivity contribution in [2.24, 2.45) is 11.8 Å². The number of aliphatic hydroxyl groups is 1. The van der Waals surface area contributed by atoms with Crippen LogP contribution in [-0.2, 0) is 23.9 Å². The maximum absolute atomic E-state index is 13.5. The fourth-order valence-electron chi connectivity index (χ4n) is 5.03. The van der Waals surface area contributed by atoms with Crippen LogP contribution in [0, 0.1) is 11.8 Å². The molecule has 0 unspecified atom stereocenters. The Morgan fingerprint density at radius 1 is 1.19 bits per heavy atom. The summed E-state index contributed by atoms with van der Waals surface area (Å²) in [6.07, 6.45) is 6.02. The number of Topliss-reactive ketones (excluding diaryl/α,β-unsaturated/α-hetero) is 1. The van der Waals surface area contributed by atoms with Gasteiger partial charge in [-0.1, -0.05) is 49.8 Å². The molecule has 1 aliphatic heterocycles. The molecule has 2 bridgehead atoms. The molecule has 5 N–H and O–H groups in total. The summed E-state index contributed by atoms with van der Waals surface area (Å²) in [5, 5.41) is 28.7. The molecule has 2 amide bonds. The number of carbonyl (C=O) groups excluding carboxylic acids is 3. The number of amides is 2. The Morgan fingerprint density at radius 3 is 2.48 bits per heavy atom. The third-order valence-corrected chi connectivity index (χ3v) is 7.32. The molecule has 0 aromatic carbocycles. The topological polar surface area (TPSA) is 163 Å². The van der Waals surface area contributed by atoms with Gasteiger partial charge in [0.25, 0.3) is 5.91 Å². The molecular weight excluding hydrogens is 542 g/mol. The Bertz CT molecular complexity index is 1210. The highest BCUT2D eigenvalue weighted by Gasteiger charge is 2.33. The van der Waals surface area contributed by atoms with Crippen molar-refractivity contribution in [1.82, 2.24) is 16.0 Å². The van der Waals surface area contributed by atoms with E-state index in [0.29, 0.717) is 12.0 Å². The van der Waals surface area contributed by atoms with Crippen molar-refractivity contribution in [3.63, 3.8) is 0 Å². The van der Waals surface area contributed by atoms with Crippen LogP contribution in [0.2, 0.25) is 0 Å². The molecule has 6 atom stereocenters. The van der Waals surface area contributed by atoms with Gasteiger partial charge in [0.2, 0.25) is 11.6 Å².